The highest BCUT2D eigenvalue weighted by atomic mass is 16.5. The SMILES string of the molecule is Cc1c(C(=O)NC2CC2)cnn1-c1ccc(-c2nc(C3CC3)no2)cn1. The van der Waals surface area contributed by atoms with Gasteiger partial charge in [0.25, 0.3) is 11.8 Å². The third-order valence-electron chi connectivity index (χ3n) is 4.76. The van der Waals surface area contributed by atoms with Crippen molar-refractivity contribution in [2.24, 2.45) is 0 Å². The Balaban J connectivity index is 1.38. The van der Waals surface area contributed by atoms with Gasteiger partial charge in [0.2, 0.25) is 0 Å². The summed E-state index contributed by atoms with van der Waals surface area (Å²) in [6, 6.07) is 4.02. The van der Waals surface area contributed by atoms with Crippen molar-refractivity contribution in [2.45, 2.75) is 44.6 Å². The minimum atomic E-state index is -0.0775. The van der Waals surface area contributed by atoms with Crippen LogP contribution in [0, 0.1) is 6.92 Å². The van der Waals surface area contributed by atoms with E-state index in [1.54, 1.807) is 17.1 Å². The van der Waals surface area contributed by atoms with Crippen LogP contribution in [-0.4, -0.2) is 36.9 Å². The topological polar surface area (TPSA) is 98.7 Å². The fourth-order valence-electron chi connectivity index (χ4n) is 2.85. The lowest BCUT2D eigenvalue weighted by atomic mass is 10.2. The predicted molar refractivity (Wildman–Crippen MR) is 91.9 cm³/mol. The van der Waals surface area contributed by atoms with Crippen molar-refractivity contribution >= 4 is 5.91 Å². The quantitative estimate of drug-likeness (QED) is 0.758. The molecule has 26 heavy (non-hydrogen) atoms. The van der Waals surface area contributed by atoms with Crippen LogP contribution in [0.5, 0.6) is 0 Å². The maximum atomic E-state index is 12.2. The van der Waals surface area contributed by atoms with E-state index in [0.29, 0.717) is 29.2 Å². The minimum Gasteiger partial charge on any atom is -0.349 e. The smallest absolute Gasteiger partial charge is 0.259 e. The lowest BCUT2D eigenvalue weighted by Gasteiger charge is -2.05. The van der Waals surface area contributed by atoms with Crippen LogP contribution in [-0.2, 0) is 0 Å². The van der Waals surface area contributed by atoms with Gasteiger partial charge in [-0.3, -0.25) is 4.79 Å². The van der Waals surface area contributed by atoms with E-state index in [1.807, 2.05) is 19.1 Å². The fourth-order valence-corrected chi connectivity index (χ4v) is 2.85. The summed E-state index contributed by atoms with van der Waals surface area (Å²) < 4.78 is 6.99. The molecule has 0 aliphatic heterocycles. The molecule has 1 amide bonds. The van der Waals surface area contributed by atoms with Crippen LogP contribution in [0.25, 0.3) is 17.3 Å². The number of carbonyl (C=O) groups excluding carboxylic acids is 1. The lowest BCUT2D eigenvalue weighted by molar-refractivity contribution is 0.0950. The molecule has 5 rings (SSSR count). The molecule has 0 radical (unpaired) electrons. The Labute approximate surface area is 149 Å². The van der Waals surface area contributed by atoms with Crippen molar-refractivity contribution in [3.63, 3.8) is 0 Å². The van der Waals surface area contributed by atoms with E-state index in [1.165, 1.54) is 0 Å². The number of carbonyl (C=O) groups is 1. The summed E-state index contributed by atoms with van der Waals surface area (Å²) in [5, 5.41) is 11.3. The van der Waals surface area contributed by atoms with E-state index in [0.717, 1.165) is 42.8 Å². The highest BCUT2D eigenvalue weighted by molar-refractivity contribution is 5.95. The third kappa shape index (κ3) is 2.77. The molecule has 0 saturated heterocycles. The van der Waals surface area contributed by atoms with Crippen LogP contribution in [0.1, 0.15) is 53.5 Å². The molecule has 3 heterocycles. The maximum absolute atomic E-state index is 12.2. The molecule has 0 spiro atoms. The van der Waals surface area contributed by atoms with E-state index in [2.05, 4.69) is 25.5 Å². The van der Waals surface area contributed by atoms with Crippen molar-refractivity contribution < 1.29 is 9.32 Å². The van der Waals surface area contributed by atoms with E-state index in [9.17, 15) is 4.79 Å². The predicted octanol–water partition coefficient (Wildman–Crippen LogP) is 2.40. The summed E-state index contributed by atoms with van der Waals surface area (Å²) in [6.07, 6.45) is 7.64. The van der Waals surface area contributed by atoms with Crippen LogP contribution in [0.3, 0.4) is 0 Å². The maximum Gasteiger partial charge on any atom is 0.259 e. The van der Waals surface area contributed by atoms with Crippen molar-refractivity contribution in [1.82, 2.24) is 30.2 Å². The van der Waals surface area contributed by atoms with Gasteiger partial charge in [0.1, 0.15) is 0 Å². The van der Waals surface area contributed by atoms with Gasteiger partial charge in [-0.05, 0) is 44.7 Å². The molecule has 2 fully saturated rings. The number of nitrogens with one attached hydrogen (secondary N) is 1. The normalized spacial score (nSPS) is 16.7. The average molecular weight is 350 g/mol. The zero-order valence-electron chi connectivity index (χ0n) is 14.3. The first-order valence-electron chi connectivity index (χ1n) is 8.85. The molecule has 0 atom stereocenters. The molecule has 1 N–H and O–H groups in total. The summed E-state index contributed by atoms with van der Waals surface area (Å²) in [7, 11) is 0. The van der Waals surface area contributed by atoms with Crippen LogP contribution in [0.2, 0.25) is 0 Å². The fraction of sp³-hybridized carbons (Fsp3) is 0.389. The van der Waals surface area contributed by atoms with Crippen molar-refractivity contribution in [2.75, 3.05) is 0 Å². The van der Waals surface area contributed by atoms with Crippen molar-refractivity contribution in [3.05, 3.63) is 41.6 Å². The largest absolute Gasteiger partial charge is 0.349 e. The van der Waals surface area contributed by atoms with Gasteiger partial charge in [0, 0.05) is 18.2 Å². The second-order valence-corrected chi connectivity index (χ2v) is 6.94. The number of pyridine rings is 1. The number of hydrogen-bond acceptors (Lipinski definition) is 6. The minimum absolute atomic E-state index is 0.0775. The molecule has 2 saturated carbocycles. The molecule has 3 aromatic rings. The molecular weight excluding hydrogens is 332 g/mol. The standard InChI is InChI=1S/C18H18N6O2/c1-10-14(17(25)21-13-5-6-13)9-20-24(10)15-7-4-12(8-19-15)18-22-16(23-26-18)11-2-3-11/h4,7-9,11,13H,2-3,5-6H2,1H3,(H,21,25). The zero-order chi connectivity index (χ0) is 17.7. The molecule has 2 aliphatic carbocycles. The van der Waals surface area contributed by atoms with Gasteiger partial charge < -0.3 is 9.84 Å². The summed E-state index contributed by atoms with van der Waals surface area (Å²) in [6.45, 7) is 1.87. The van der Waals surface area contributed by atoms with Gasteiger partial charge >= 0.3 is 0 Å². The Bertz CT molecular complexity index is 966. The summed E-state index contributed by atoms with van der Waals surface area (Å²) in [5.41, 5.74) is 2.11. The van der Waals surface area contributed by atoms with Crippen LogP contribution in [0.15, 0.2) is 29.0 Å². The van der Waals surface area contributed by atoms with E-state index >= 15 is 0 Å². The Kier molecular flexibility index (Phi) is 3.37. The number of nitrogens with zero attached hydrogens (tertiary/aromatic N) is 5. The van der Waals surface area contributed by atoms with Crippen LogP contribution < -0.4 is 5.32 Å². The molecule has 3 aromatic heterocycles. The summed E-state index contributed by atoms with van der Waals surface area (Å²) >= 11 is 0. The van der Waals surface area contributed by atoms with Gasteiger partial charge in [-0.15, -0.1) is 0 Å². The lowest BCUT2D eigenvalue weighted by Crippen LogP contribution is -2.25. The van der Waals surface area contributed by atoms with Gasteiger partial charge in [0.05, 0.1) is 23.0 Å². The zero-order valence-corrected chi connectivity index (χ0v) is 14.3. The summed E-state index contributed by atoms with van der Waals surface area (Å²) in [4.78, 5) is 21.1. The van der Waals surface area contributed by atoms with Crippen molar-refractivity contribution in [3.8, 4) is 17.3 Å². The van der Waals surface area contributed by atoms with E-state index in [-0.39, 0.29) is 5.91 Å². The second-order valence-electron chi connectivity index (χ2n) is 6.94. The average Bonchev–Trinajstić information content (AvgIpc) is 3.58. The van der Waals surface area contributed by atoms with Crippen LogP contribution >= 0.6 is 0 Å². The number of aromatic nitrogens is 5. The Morgan fingerprint density at radius 1 is 1.23 bits per heavy atom. The van der Waals surface area contributed by atoms with Gasteiger partial charge in [-0.25, -0.2) is 9.67 Å². The molecule has 2 aliphatic rings. The Morgan fingerprint density at radius 2 is 2.08 bits per heavy atom. The molecular formula is C18H18N6O2. The number of amides is 1. The first kappa shape index (κ1) is 15.2. The Morgan fingerprint density at radius 3 is 2.77 bits per heavy atom. The molecule has 0 bridgehead atoms. The third-order valence-corrected chi connectivity index (χ3v) is 4.76. The monoisotopic (exact) mass is 350 g/mol. The first-order valence-corrected chi connectivity index (χ1v) is 8.85. The molecule has 0 aromatic carbocycles. The molecule has 8 heteroatoms. The molecule has 8 nitrogen and oxygen atoms in total. The summed E-state index contributed by atoms with van der Waals surface area (Å²) in [5.74, 6) is 2.27. The second kappa shape index (κ2) is 5.76. The number of hydrogen-bond donors (Lipinski definition) is 1. The Hall–Kier alpha value is -3.03. The highest BCUT2D eigenvalue weighted by Gasteiger charge is 2.29. The van der Waals surface area contributed by atoms with Gasteiger partial charge in [-0.2, -0.15) is 10.1 Å². The van der Waals surface area contributed by atoms with E-state index in [4.69, 9.17) is 4.52 Å². The molecule has 132 valence electrons. The highest BCUT2D eigenvalue weighted by Crippen LogP contribution is 2.38. The van der Waals surface area contributed by atoms with Crippen molar-refractivity contribution in [1.29, 1.82) is 0 Å². The molecule has 0 unspecified atom stereocenters. The van der Waals surface area contributed by atoms with Gasteiger partial charge in [-0.1, -0.05) is 5.16 Å². The first-order chi connectivity index (χ1) is 12.7. The van der Waals surface area contributed by atoms with Crippen LogP contribution in [0.4, 0.5) is 0 Å². The number of rotatable bonds is 5. The van der Waals surface area contributed by atoms with E-state index < -0.39 is 0 Å². The van der Waals surface area contributed by atoms with Gasteiger partial charge in [0.15, 0.2) is 11.6 Å².